The second-order valence-electron chi connectivity index (χ2n) is 5.16. The molecule has 0 fully saturated rings. The molecular formula is C14H20ClN5O. The van der Waals surface area contributed by atoms with Crippen LogP contribution in [0.3, 0.4) is 0 Å². The summed E-state index contributed by atoms with van der Waals surface area (Å²) in [5.41, 5.74) is 2.55. The van der Waals surface area contributed by atoms with Crippen molar-refractivity contribution in [1.82, 2.24) is 24.8 Å². The topological polar surface area (TPSA) is 63.1 Å². The van der Waals surface area contributed by atoms with Gasteiger partial charge in [-0.05, 0) is 26.0 Å². The van der Waals surface area contributed by atoms with Crippen LogP contribution >= 0.6 is 11.6 Å². The van der Waals surface area contributed by atoms with Crippen molar-refractivity contribution in [3.63, 3.8) is 0 Å². The molecule has 0 spiro atoms. The monoisotopic (exact) mass is 309 g/mol. The Morgan fingerprint density at radius 3 is 2.76 bits per heavy atom. The van der Waals surface area contributed by atoms with Gasteiger partial charge in [0.15, 0.2) is 5.65 Å². The van der Waals surface area contributed by atoms with E-state index in [1.807, 2.05) is 30.5 Å². The van der Waals surface area contributed by atoms with Gasteiger partial charge in [-0.25, -0.2) is 14.8 Å². The number of hydrogen-bond acceptors (Lipinski definition) is 3. The van der Waals surface area contributed by atoms with Gasteiger partial charge in [-0.15, -0.1) is 11.6 Å². The van der Waals surface area contributed by atoms with Gasteiger partial charge in [-0.2, -0.15) is 0 Å². The van der Waals surface area contributed by atoms with Gasteiger partial charge in [-0.1, -0.05) is 0 Å². The Hall–Kier alpha value is -1.82. The van der Waals surface area contributed by atoms with E-state index < -0.39 is 0 Å². The first-order chi connectivity index (χ1) is 9.90. The third-order valence-electron chi connectivity index (χ3n) is 3.13. The lowest BCUT2D eigenvalue weighted by Gasteiger charge is -2.14. The van der Waals surface area contributed by atoms with Gasteiger partial charge in [0.1, 0.15) is 11.3 Å². The zero-order chi connectivity index (χ0) is 15.6. The van der Waals surface area contributed by atoms with E-state index in [0.29, 0.717) is 13.1 Å². The van der Waals surface area contributed by atoms with Gasteiger partial charge in [0.2, 0.25) is 0 Å². The van der Waals surface area contributed by atoms with Crippen LogP contribution in [0.5, 0.6) is 0 Å². The van der Waals surface area contributed by atoms with E-state index in [2.05, 4.69) is 15.3 Å². The molecule has 2 amide bonds. The number of halogens is 1. The molecular weight excluding hydrogens is 290 g/mol. The number of aryl methyl sites for hydroxylation is 1. The van der Waals surface area contributed by atoms with Crippen LogP contribution in [0.4, 0.5) is 4.79 Å². The van der Waals surface area contributed by atoms with Crippen LogP contribution in [0.15, 0.2) is 12.1 Å². The molecule has 0 bridgehead atoms. The summed E-state index contributed by atoms with van der Waals surface area (Å²) in [7, 11) is 3.41. The molecule has 0 aliphatic rings. The van der Waals surface area contributed by atoms with E-state index >= 15 is 0 Å². The second-order valence-corrected chi connectivity index (χ2v) is 5.81. The third-order valence-corrected chi connectivity index (χ3v) is 3.33. The van der Waals surface area contributed by atoms with E-state index in [0.717, 1.165) is 22.7 Å². The third kappa shape index (κ3) is 3.44. The maximum atomic E-state index is 11.6. The quantitative estimate of drug-likeness (QED) is 0.882. The number of carbonyl (C=O) groups excluding carboxylic acids is 1. The Morgan fingerprint density at radius 2 is 2.14 bits per heavy atom. The number of hydrogen-bond donors (Lipinski definition) is 1. The van der Waals surface area contributed by atoms with Crippen molar-refractivity contribution in [1.29, 1.82) is 0 Å². The van der Waals surface area contributed by atoms with Gasteiger partial charge in [0, 0.05) is 32.9 Å². The zero-order valence-electron chi connectivity index (χ0n) is 12.7. The molecule has 2 aromatic heterocycles. The van der Waals surface area contributed by atoms with E-state index in [4.69, 9.17) is 11.6 Å². The predicted molar refractivity (Wildman–Crippen MR) is 83.6 cm³/mol. The van der Waals surface area contributed by atoms with E-state index in [-0.39, 0.29) is 11.4 Å². The average molecular weight is 310 g/mol. The summed E-state index contributed by atoms with van der Waals surface area (Å²) in [5, 5.41) is 2.61. The SMILES string of the molecule is Cc1ccc2nc(C(C)Cl)n(CCNC(=O)N(C)C)c2n1. The lowest BCUT2D eigenvalue weighted by Crippen LogP contribution is -2.36. The summed E-state index contributed by atoms with van der Waals surface area (Å²) in [6, 6.07) is 3.75. The van der Waals surface area contributed by atoms with E-state index in [9.17, 15) is 4.79 Å². The molecule has 0 aromatic carbocycles. The van der Waals surface area contributed by atoms with Gasteiger partial charge in [-0.3, -0.25) is 0 Å². The van der Waals surface area contributed by atoms with Gasteiger partial charge >= 0.3 is 6.03 Å². The van der Waals surface area contributed by atoms with Crippen LogP contribution in [-0.4, -0.2) is 46.1 Å². The Kier molecular flexibility index (Phi) is 4.67. The van der Waals surface area contributed by atoms with Crippen LogP contribution < -0.4 is 5.32 Å². The number of amides is 2. The molecule has 114 valence electrons. The van der Waals surface area contributed by atoms with Crippen molar-refractivity contribution in [2.75, 3.05) is 20.6 Å². The molecule has 21 heavy (non-hydrogen) atoms. The summed E-state index contributed by atoms with van der Waals surface area (Å²) in [4.78, 5) is 22.1. The normalized spacial score (nSPS) is 12.4. The first-order valence-corrected chi connectivity index (χ1v) is 7.26. The number of carbonyl (C=O) groups is 1. The molecule has 0 aliphatic heterocycles. The minimum absolute atomic E-state index is 0.121. The van der Waals surface area contributed by atoms with Crippen LogP contribution in [0, 0.1) is 6.92 Å². The lowest BCUT2D eigenvalue weighted by atomic mass is 10.3. The lowest BCUT2D eigenvalue weighted by molar-refractivity contribution is 0.217. The number of rotatable bonds is 4. The smallest absolute Gasteiger partial charge is 0.316 e. The average Bonchev–Trinajstić information content (AvgIpc) is 2.77. The molecule has 6 nitrogen and oxygen atoms in total. The van der Waals surface area contributed by atoms with Gasteiger partial charge in [0.25, 0.3) is 0 Å². The molecule has 1 atom stereocenters. The Labute approximate surface area is 129 Å². The minimum Gasteiger partial charge on any atom is -0.336 e. The maximum Gasteiger partial charge on any atom is 0.316 e. The number of imidazole rings is 1. The predicted octanol–water partition coefficient (Wildman–Crippen LogP) is 2.31. The van der Waals surface area contributed by atoms with Crippen LogP contribution in [0.2, 0.25) is 0 Å². The molecule has 2 aromatic rings. The van der Waals surface area contributed by atoms with Crippen LogP contribution in [-0.2, 0) is 6.54 Å². The number of fused-ring (bicyclic) bond motifs is 1. The maximum absolute atomic E-state index is 11.6. The number of nitrogens with zero attached hydrogens (tertiary/aromatic N) is 4. The molecule has 7 heteroatoms. The van der Waals surface area contributed by atoms with Crippen molar-refractivity contribution in [2.45, 2.75) is 25.8 Å². The molecule has 1 unspecified atom stereocenters. The number of urea groups is 1. The van der Waals surface area contributed by atoms with Crippen molar-refractivity contribution in [2.24, 2.45) is 0 Å². The fourth-order valence-corrected chi connectivity index (χ4v) is 2.24. The number of pyridine rings is 1. The molecule has 1 N–H and O–H groups in total. The number of nitrogens with one attached hydrogen (secondary N) is 1. The van der Waals surface area contributed by atoms with Crippen molar-refractivity contribution >= 4 is 28.8 Å². The summed E-state index contributed by atoms with van der Waals surface area (Å²) < 4.78 is 1.97. The molecule has 2 rings (SSSR count). The highest BCUT2D eigenvalue weighted by Gasteiger charge is 2.16. The Bertz CT molecular complexity index is 650. The van der Waals surface area contributed by atoms with Crippen molar-refractivity contribution in [3.8, 4) is 0 Å². The molecule has 0 radical (unpaired) electrons. The molecule has 0 saturated carbocycles. The highest BCUT2D eigenvalue weighted by Crippen LogP contribution is 2.23. The first kappa shape index (κ1) is 15.6. The highest BCUT2D eigenvalue weighted by atomic mass is 35.5. The number of alkyl halides is 1. The van der Waals surface area contributed by atoms with Gasteiger partial charge in [0.05, 0.1) is 5.38 Å². The van der Waals surface area contributed by atoms with Crippen molar-refractivity contribution in [3.05, 3.63) is 23.7 Å². The first-order valence-electron chi connectivity index (χ1n) is 6.83. The summed E-state index contributed by atoms with van der Waals surface area (Å²) >= 11 is 6.20. The molecule has 0 saturated heterocycles. The van der Waals surface area contributed by atoms with Crippen molar-refractivity contribution < 1.29 is 4.79 Å². The van der Waals surface area contributed by atoms with Crippen LogP contribution in [0.25, 0.3) is 11.2 Å². The Balaban J connectivity index is 2.26. The highest BCUT2D eigenvalue weighted by molar-refractivity contribution is 6.20. The Morgan fingerprint density at radius 1 is 1.43 bits per heavy atom. The number of aromatic nitrogens is 3. The summed E-state index contributed by atoms with van der Waals surface area (Å²) in [5.74, 6) is 0.767. The minimum atomic E-state index is -0.218. The van der Waals surface area contributed by atoms with E-state index in [1.165, 1.54) is 4.90 Å². The fourth-order valence-electron chi connectivity index (χ4n) is 2.07. The summed E-state index contributed by atoms with van der Waals surface area (Å²) in [6.45, 7) is 4.90. The van der Waals surface area contributed by atoms with E-state index in [1.54, 1.807) is 14.1 Å². The van der Waals surface area contributed by atoms with Crippen LogP contribution in [0.1, 0.15) is 23.8 Å². The fraction of sp³-hybridized carbons (Fsp3) is 0.500. The standard InChI is InChI=1S/C14H20ClN5O/c1-9-5-6-11-13(17-9)20(12(18-11)10(2)15)8-7-16-14(21)19(3)4/h5-6,10H,7-8H2,1-4H3,(H,16,21). The largest absolute Gasteiger partial charge is 0.336 e. The molecule has 2 heterocycles. The molecule has 0 aliphatic carbocycles. The second kappa shape index (κ2) is 6.30. The summed E-state index contributed by atoms with van der Waals surface area (Å²) in [6.07, 6.45) is 0. The van der Waals surface area contributed by atoms with Gasteiger partial charge < -0.3 is 14.8 Å². The zero-order valence-corrected chi connectivity index (χ0v) is 13.5.